The first-order valence-corrected chi connectivity index (χ1v) is 12.7. The number of benzene rings is 3. The van der Waals surface area contributed by atoms with Crippen LogP contribution in [0.4, 0.5) is 5.69 Å². The molecule has 1 atom stereocenters. The molecule has 0 bridgehead atoms. The van der Waals surface area contributed by atoms with Crippen LogP contribution in [0.3, 0.4) is 0 Å². The number of piperazine rings is 1. The molecule has 0 radical (unpaired) electrons. The highest BCUT2D eigenvalue weighted by molar-refractivity contribution is 7.89. The molecule has 0 aromatic heterocycles. The molecule has 1 aliphatic heterocycles. The van der Waals surface area contributed by atoms with E-state index >= 15 is 0 Å². The predicted octanol–water partition coefficient (Wildman–Crippen LogP) is 3.58. The zero-order valence-corrected chi connectivity index (χ0v) is 19.7. The average Bonchev–Trinajstić information content (AvgIpc) is 2.84. The number of halogens is 1. The molecule has 172 valence electrons. The number of nitrogens with zero attached hydrogens (tertiary/aromatic N) is 2. The summed E-state index contributed by atoms with van der Waals surface area (Å²) in [5.74, 6) is -0.218. The highest BCUT2D eigenvalue weighted by Gasteiger charge is 2.31. The van der Waals surface area contributed by atoms with Gasteiger partial charge in [0, 0.05) is 36.9 Å². The number of hydrogen-bond donors (Lipinski definition) is 1. The minimum atomic E-state index is -3.84. The van der Waals surface area contributed by atoms with Crippen molar-refractivity contribution in [3.8, 4) is 0 Å². The molecule has 1 amide bonds. The Morgan fingerprint density at radius 1 is 0.879 bits per heavy atom. The molecule has 1 saturated heterocycles. The molecule has 0 saturated carbocycles. The molecule has 0 unspecified atom stereocenters. The van der Waals surface area contributed by atoms with Gasteiger partial charge < -0.3 is 9.80 Å². The van der Waals surface area contributed by atoms with Gasteiger partial charge in [-0.25, -0.2) is 8.42 Å². The van der Waals surface area contributed by atoms with Gasteiger partial charge in [0.25, 0.3) is 0 Å². The van der Waals surface area contributed by atoms with Crippen molar-refractivity contribution >= 4 is 33.2 Å². The van der Waals surface area contributed by atoms with Crippen LogP contribution < -0.4 is 9.62 Å². The van der Waals surface area contributed by atoms with Crippen LogP contribution in [-0.2, 0) is 21.2 Å². The Kier molecular flexibility index (Phi) is 7.33. The number of sulfonamides is 1. The zero-order valence-electron chi connectivity index (χ0n) is 18.1. The van der Waals surface area contributed by atoms with Gasteiger partial charge in [0.1, 0.15) is 6.04 Å². The van der Waals surface area contributed by atoms with Gasteiger partial charge in [-0.2, -0.15) is 4.72 Å². The van der Waals surface area contributed by atoms with E-state index in [-0.39, 0.29) is 17.2 Å². The van der Waals surface area contributed by atoms with Crippen molar-refractivity contribution < 1.29 is 13.2 Å². The maximum Gasteiger partial charge on any atom is 0.241 e. The van der Waals surface area contributed by atoms with E-state index in [4.69, 9.17) is 11.6 Å². The van der Waals surface area contributed by atoms with Gasteiger partial charge in [0.15, 0.2) is 0 Å². The summed E-state index contributed by atoms with van der Waals surface area (Å²) >= 11 is 6.12. The molecular formula is C25H26ClN3O3S. The molecule has 1 aliphatic rings. The Hall–Kier alpha value is -2.87. The van der Waals surface area contributed by atoms with Crippen LogP contribution in [0.5, 0.6) is 0 Å². The lowest BCUT2D eigenvalue weighted by Gasteiger charge is -2.37. The molecule has 0 aliphatic carbocycles. The first kappa shape index (κ1) is 23.3. The predicted molar refractivity (Wildman–Crippen MR) is 131 cm³/mol. The zero-order chi connectivity index (χ0) is 23.3. The van der Waals surface area contributed by atoms with E-state index in [0.717, 1.165) is 11.3 Å². The highest BCUT2D eigenvalue weighted by atomic mass is 35.5. The van der Waals surface area contributed by atoms with E-state index in [0.29, 0.717) is 31.2 Å². The second-order valence-corrected chi connectivity index (χ2v) is 10.1. The fourth-order valence-electron chi connectivity index (χ4n) is 3.96. The third kappa shape index (κ3) is 5.93. The number of nitrogens with one attached hydrogen (secondary N) is 1. The largest absolute Gasteiger partial charge is 0.368 e. The molecule has 4 rings (SSSR count). The van der Waals surface area contributed by atoms with E-state index in [2.05, 4.69) is 9.62 Å². The Bertz CT molecular complexity index is 1180. The molecule has 33 heavy (non-hydrogen) atoms. The summed E-state index contributed by atoms with van der Waals surface area (Å²) in [7, 11) is -3.84. The van der Waals surface area contributed by atoms with Crippen LogP contribution in [0, 0.1) is 0 Å². The number of rotatable bonds is 7. The van der Waals surface area contributed by atoms with Crippen LogP contribution >= 0.6 is 11.6 Å². The topological polar surface area (TPSA) is 69.7 Å². The van der Waals surface area contributed by atoms with E-state index in [1.54, 1.807) is 23.1 Å². The molecule has 1 N–H and O–H groups in total. The minimum absolute atomic E-state index is 0.140. The van der Waals surface area contributed by atoms with Gasteiger partial charge in [0.05, 0.1) is 4.90 Å². The van der Waals surface area contributed by atoms with E-state index in [1.807, 2.05) is 54.6 Å². The maximum atomic E-state index is 13.5. The van der Waals surface area contributed by atoms with Crippen molar-refractivity contribution in [2.45, 2.75) is 17.4 Å². The molecule has 3 aromatic rings. The van der Waals surface area contributed by atoms with Gasteiger partial charge in [-0.3, -0.25) is 4.79 Å². The third-order valence-electron chi connectivity index (χ3n) is 5.70. The van der Waals surface area contributed by atoms with E-state index in [1.165, 1.54) is 12.1 Å². The SMILES string of the molecule is O=C([C@H](Cc1ccccc1)NS(=O)(=O)c1ccccc1)N1CCN(c2cccc(Cl)c2)CC1. The minimum Gasteiger partial charge on any atom is -0.368 e. The first-order chi connectivity index (χ1) is 15.9. The Morgan fingerprint density at radius 3 is 2.15 bits per heavy atom. The summed E-state index contributed by atoms with van der Waals surface area (Å²) < 4.78 is 28.6. The fraction of sp³-hybridized carbons (Fsp3) is 0.240. The summed E-state index contributed by atoms with van der Waals surface area (Å²) in [6, 6.07) is 24.3. The third-order valence-corrected chi connectivity index (χ3v) is 7.42. The van der Waals surface area contributed by atoms with Gasteiger partial charge >= 0.3 is 0 Å². The second kappa shape index (κ2) is 10.4. The van der Waals surface area contributed by atoms with Crippen molar-refractivity contribution in [3.05, 3.63) is 95.5 Å². The molecule has 0 spiro atoms. The molecule has 6 nitrogen and oxygen atoms in total. The lowest BCUT2D eigenvalue weighted by Crippen LogP contribution is -2.55. The lowest BCUT2D eigenvalue weighted by molar-refractivity contribution is -0.133. The fourth-order valence-corrected chi connectivity index (χ4v) is 5.36. The van der Waals surface area contributed by atoms with Crippen molar-refractivity contribution in [1.29, 1.82) is 0 Å². The van der Waals surface area contributed by atoms with Crippen LogP contribution in [0.2, 0.25) is 5.02 Å². The van der Waals surface area contributed by atoms with Crippen molar-refractivity contribution in [3.63, 3.8) is 0 Å². The molecule has 3 aromatic carbocycles. The molecule has 1 heterocycles. The van der Waals surface area contributed by atoms with E-state index in [9.17, 15) is 13.2 Å². The summed E-state index contributed by atoms with van der Waals surface area (Å²) in [4.78, 5) is 17.5. The lowest BCUT2D eigenvalue weighted by atomic mass is 10.1. The van der Waals surface area contributed by atoms with E-state index < -0.39 is 16.1 Å². The van der Waals surface area contributed by atoms with Gasteiger partial charge in [-0.1, -0.05) is 66.2 Å². The summed E-state index contributed by atoms with van der Waals surface area (Å²) in [6.07, 6.45) is 0.278. The molecular weight excluding hydrogens is 458 g/mol. The molecule has 8 heteroatoms. The Balaban J connectivity index is 1.50. The number of carbonyl (C=O) groups excluding carboxylic acids is 1. The normalized spacial score (nSPS) is 15.3. The van der Waals surface area contributed by atoms with Crippen LogP contribution in [0.1, 0.15) is 5.56 Å². The highest BCUT2D eigenvalue weighted by Crippen LogP contribution is 2.21. The monoisotopic (exact) mass is 483 g/mol. The number of amides is 1. The smallest absolute Gasteiger partial charge is 0.241 e. The average molecular weight is 484 g/mol. The first-order valence-electron chi connectivity index (χ1n) is 10.8. The van der Waals surface area contributed by atoms with Crippen molar-refractivity contribution in [2.75, 3.05) is 31.1 Å². The number of anilines is 1. The van der Waals surface area contributed by atoms with Crippen molar-refractivity contribution in [1.82, 2.24) is 9.62 Å². The van der Waals surface area contributed by atoms with Gasteiger partial charge in [0.2, 0.25) is 15.9 Å². The number of carbonyl (C=O) groups is 1. The second-order valence-electron chi connectivity index (χ2n) is 7.97. The Morgan fingerprint density at radius 2 is 1.52 bits per heavy atom. The summed E-state index contributed by atoms with van der Waals surface area (Å²) in [5, 5.41) is 0.671. The standard InChI is InChI=1S/C25H26ClN3O3S/c26-21-10-7-11-22(19-21)28-14-16-29(17-15-28)25(30)24(18-20-8-3-1-4-9-20)27-33(31,32)23-12-5-2-6-13-23/h1-13,19,24,27H,14-18H2/t24-/m0/s1. The van der Waals surface area contributed by atoms with Gasteiger partial charge in [-0.15, -0.1) is 0 Å². The number of hydrogen-bond acceptors (Lipinski definition) is 4. The maximum absolute atomic E-state index is 13.5. The summed E-state index contributed by atoms with van der Waals surface area (Å²) in [6.45, 7) is 2.30. The van der Waals surface area contributed by atoms with Crippen LogP contribution in [-0.4, -0.2) is 51.4 Å². The summed E-state index contributed by atoms with van der Waals surface area (Å²) in [5.41, 5.74) is 1.91. The van der Waals surface area contributed by atoms with Crippen LogP contribution in [0.15, 0.2) is 89.8 Å². The van der Waals surface area contributed by atoms with Crippen LogP contribution in [0.25, 0.3) is 0 Å². The Labute approximate surface area is 199 Å². The quantitative estimate of drug-likeness (QED) is 0.557. The molecule has 1 fully saturated rings. The van der Waals surface area contributed by atoms with Crippen molar-refractivity contribution in [2.24, 2.45) is 0 Å². The van der Waals surface area contributed by atoms with Gasteiger partial charge in [-0.05, 0) is 42.3 Å².